The Balaban J connectivity index is 1.75. The zero-order chi connectivity index (χ0) is 24.3. The van der Waals surface area contributed by atoms with Crippen LogP contribution in [0.4, 0.5) is 11.6 Å². The molecule has 0 spiro atoms. The summed E-state index contributed by atoms with van der Waals surface area (Å²) in [4.78, 5) is 15.5. The predicted molar refractivity (Wildman–Crippen MR) is 120 cm³/mol. The van der Waals surface area contributed by atoms with Crippen LogP contribution in [-0.4, -0.2) is 49.8 Å². The first-order valence-electron chi connectivity index (χ1n) is 10.7. The van der Waals surface area contributed by atoms with E-state index in [1.165, 1.54) is 18.2 Å². The molecule has 1 unspecified atom stereocenters. The molecule has 4 atom stereocenters. The van der Waals surface area contributed by atoms with Crippen LogP contribution in [0.5, 0.6) is 5.75 Å². The van der Waals surface area contributed by atoms with Crippen LogP contribution in [0.1, 0.15) is 32.4 Å². The molecule has 1 saturated heterocycles. The van der Waals surface area contributed by atoms with Gasteiger partial charge >= 0.3 is 0 Å². The normalized spacial score (nSPS) is 27.6. The highest BCUT2D eigenvalue weighted by Crippen LogP contribution is 2.48. The molecule has 11 nitrogen and oxygen atoms in total. The van der Waals surface area contributed by atoms with Gasteiger partial charge in [0.2, 0.25) is 12.2 Å². The van der Waals surface area contributed by atoms with E-state index < -0.39 is 34.6 Å². The number of aliphatic hydroxyl groups is 1. The van der Waals surface area contributed by atoms with E-state index in [0.717, 1.165) is 0 Å². The van der Waals surface area contributed by atoms with E-state index >= 15 is 0 Å². The lowest BCUT2D eigenvalue weighted by atomic mass is 9.84. The van der Waals surface area contributed by atoms with Crippen LogP contribution in [0, 0.1) is 21.6 Å². The van der Waals surface area contributed by atoms with Crippen molar-refractivity contribution in [1.29, 1.82) is 5.26 Å². The molecule has 0 radical (unpaired) electrons. The Hall–Kier alpha value is -3.72. The molecule has 2 aromatic carbocycles. The van der Waals surface area contributed by atoms with Gasteiger partial charge in [-0.25, -0.2) is 4.98 Å². The van der Waals surface area contributed by atoms with Crippen molar-refractivity contribution in [3.63, 3.8) is 0 Å². The number of aliphatic hydroxyl groups excluding tert-OH is 1. The fourth-order valence-corrected chi connectivity index (χ4v) is 4.60. The predicted octanol–water partition coefficient (Wildman–Crippen LogP) is 3.09. The molecule has 2 aliphatic heterocycles. The van der Waals surface area contributed by atoms with E-state index in [1.807, 2.05) is 26.1 Å². The Morgan fingerprint density at radius 3 is 2.74 bits per heavy atom. The zero-order valence-corrected chi connectivity index (χ0v) is 18.8. The fraction of sp³-hybridized carbons (Fsp3) is 0.391. The van der Waals surface area contributed by atoms with Gasteiger partial charge in [0.25, 0.3) is 5.69 Å². The van der Waals surface area contributed by atoms with Crippen molar-refractivity contribution in [2.45, 2.75) is 50.4 Å². The van der Waals surface area contributed by atoms with Crippen LogP contribution in [0.3, 0.4) is 0 Å². The highest BCUT2D eigenvalue weighted by atomic mass is 16.8. The molecule has 2 N–H and O–H groups in total. The number of nitriles is 1. The Kier molecular flexibility index (Phi) is 4.98. The SMILES string of the molecule is CC1(C)COC([C@@]2(C)Oc3ccc([N+](=O)[O-])cc3[C@H](n3c(NC#N)nc4ccccc43)[C@H]2O)O1. The van der Waals surface area contributed by atoms with Crippen molar-refractivity contribution in [3.05, 3.63) is 58.1 Å². The number of nitro benzene ring substituents is 1. The molecule has 0 bridgehead atoms. The summed E-state index contributed by atoms with van der Waals surface area (Å²) in [5.41, 5.74) is -0.534. The molecule has 5 rings (SSSR count). The number of fused-ring (bicyclic) bond motifs is 2. The average molecular weight is 465 g/mol. The van der Waals surface area contributed by atoms with E-state index in [-0.39, 0.29) is 11.6 Å². The van der Waals surface area contributed by atoms with Gasteiger partial charge < -0.3 is 19.3 Å². The number of nitrogens with zero attached hydrogens (tertiary/aromatic N) is 4. The van der Waals surface area contributed by atoms with E-state index in [0.29, 0.717) is 29.0 Å². The van der Waals surface area contributed by atoms with Crippen molar-refractivity contribution >= 4 is 22.7 Å². The van der Waals surface area contributed by atoms with Crippen molar-refractivity contribution < 1.29 is 24.2 Å². The fourth-order valence-electron chi connectivity index (χ4n) is 4.60. The van der Waals surface area contributed by atoms with Gasteiger partial charge in [-0.3, -0.25) is 20.0 Å². The number of imidazole rings is 1. The number of aromatic nitrogens is 2. The first-order valence-corrected chi connectivity index (χ1v) is 10.7. The Labute approximate surface area is 194 Å². The van der Waals surface area contributed by atoms with Crippen LogP contribution in [0.2, 0.25) is 0 Å². The first kappa shape index (κ1) is 22.1. The molecular formula is C23H23N5O6. The van der Waals surface area contributed by atoms with Crippen LogP contribution in [0.25, 0.3) is 11.0 Å². The maximum atomic E-state index is 11.8. The van der Waals surface area contributed by atoms with E-state index in [4.69, 9.17) is 14.2 Å². The maximum absolute atomic E-state index is 11.8. The largest absolute Gasteiger partial charge is 0.479 e. The summed E-state index contributed by atoms with van der Waals surface area (Å²) in [6, 6.07) is 10.5. The molecule has 0 aliphatic carbocycles. The summed E-state index contributed by atoms with van der Waals surface area (Å²) in [7, 11) is 0. The van der Waals surface area contributed by atoms with Crippen LogP contribution in [0.15, 0.2) is 42.5 Å². The molecule has 0 saturated carbocycles. The minimum Gasteiger partial charge on any atom is -0.479 e. The molecule has 11 heteroatoms. The van der Waals surface area contributed by atoms with Crippen LogP contribution in [-0.2, 0) is 9.47 Å². The lowest BCUT2D eigenvalue weighted by Gasteiger charge is -2.46. The number of benzene rings is 2. The number of para-hydroxylation sites is 2. The second-order valence-corrected chi connectivity index (χ2v) is 9.21. The van der Waals surface area contributed by atoms with Gasteiger partial charge in [-0.05, 0) is 39.0 Å². The summed E-state index contributed by atoms with van der Waals surface area (Å²) < 4.78 is 19.8. The average Bonchev–Trinajstić information content (AvgIpc) is 3.34. The number of nitrogens with one attached hydrogen (secondary N) is 1. The number of hydrogen-bond donors (Lipinski definition) is 2. The highest BCUT2D eigenvalue weighted by Gasteiger charge is 2.57. The van der Waals surface area contributed by atoms with Gasteiger partial charge in [-0.1, -0.05) is 12.1 Å². The molecule has 3 aromatic rings. The number of rotatable bonds is 4. The molecular weight excluding hydrogens is 442 g/mol. The van der Waals surface area contributed by atoms with Gasteiger partial charge in [0.1, 0.15) is 11.9 Å². The molecule has 1 fully saturated rings. The Morgan fingerprint density at radius 1 is 1.29 bits per heavy atom. The lowest BCUT2D eigenvalue weighted by Crippen LogP contribution is -2.60. The quantitative estimate of drug-likeness (QED) is 0.257. The summed E-state index contributed by atoms with van der Waals surface area (Å²) in [5.74, 6) is 0.518. The monoisotopic (exact) mass is 465 g/mol. The third kappa shape index (κ3) is 3.35. The number of nitro groups is 1. The molecule has 0 amide bonds. The molecule has 176 valence electrons. The van der Waals surface area contributed by atoms with Gasteiger partial charge in [-0.15, -0.1) is 0 Å². The number of hydrogen-bond acceptors (Lipinski definition) is 9. The molecule has 2 aliphatic rings. The van der Waals surface area contributed by atoms with E-state index in [9.17, 15) is 20.5 Å². The third-order valence-corrected chi connectivity index (χ3v) is 6.26. The van der Waals surface area contributed by atoms with Crippen molar-refractivity contribution in [2.24, 2.45) is 0 Å². The summed E-state index contributed by atoms with van der Waals surface area (Å²) in [6.07, 6.45) is -0.330. The van der Waals surface area contributed by atoms with E-state index in [1.54, 1.807) is 29.7 Å². The minimum atomic E-state index is -1.38. The number of ether oxygens (including phenoxy) is 3. The zero-order valence-electron chi connectivity index (χ0n) is 18.8. The minimum absolute atomic E-state index is 0.156. The second kappa shape index (κ2) is 7.66. The summed E-state index contributed by atoms with van der Waals surface area (Å²) in [5, 5.41) is 35.3. The Bertz CT molecular complexity index is 1330. The highest BCUT2D eigenvalue weighted by molar-refractivity contribution is 5.79. The number of non-ortho nitro benzene ring substituents is 1. The summed E-state index contributed by atoms with van der Waals surface area (Å²) in [6.45, 7) is 5.73. The van der Waals surface area contributed by atoms with Gasteiger partial charge in [0.05, 0.1) is 34.2 Å². The maximum Gasteiger partial charge on any atom is 0.270 e. The van der Waals surface area contributed by atoms with Gasteiger partial charge in [0, 0.05) is 17.7 Å². The number of anilines is 1. The summed E-state index contributed by atoms with van der Waals surface area (Å²) >= 11 is 0. The van der Waals surface area contributed by atoms with Gasteiger partial charge in [0.15, 0.2) is 11.8 Å². The van der Waals surface area contributed by atoms with Crippen LogP contribution < -0.4 is 10.1 Å². The lowest BCUT2D eigenvalue weighted by molar-refractivity contribution is -0.385. The van der Waals surface area contributed by atoms with E-state index in [2.05, 4.69) is 10.3 Å². The smallest absolute Gasteiger partial charge is 0.270 e. The topological polar surface area (TPSA) is 145 Å². The van der Waals surface area contributed by atoms with Crippen molar-refractivity contribution in [2.75, 3.05) is 11.9 Å². The van der Waals surface area contributed by atoms with Crippen LogP contribution >= 0.6 is 0 Å². The van der Waals surface area contributed by atoms with Gasteiger partial charge in [-0.2, -0.15) is 5.26 Å². The molecule has 3 heterocycles. The second-order valence-electron chi connectivity index (χ2n) is 9.21. The molecule has 34 heavy (non-hydrogen) atoms. The third-order valence-electron chi connectivity index (χ3n) is 6.26. The standard InChI is InChI=1S/C23H23N5O6/c1-22(2)11-32-20(34-22)23(3)19(29)18(14-10-13(28(30)31)8-9-17(14)33-23)27-16-7-5-4-6-15(16)26-21(27)25-12-24/h4-10,18-20,29H,11H2,1-3H3,(H,25,26)/t18-,19+,20?,23-/m0/s1. The first-order chi connectivity index (χ1) is 16.1. The Morgan fingerprint density at radius 2 is 2.06 bits per heavy atom. The van der Waals surface area contributed by atoms with Crippen molar-refractivity contribution in [3.8, 4) is 11.9 Å². The van der Waals surface area contributed by atoms with Crippen molar-refractivity contribution in [1.82, 2.24) is 9.55 Å². The molecule has 1 aromatic heterocycles.